The number of ether oxygens (including phenoxy) is 2. The van der Waals surface area contributed by atoms with Crippen molar-refractivity contribution in [2.75, 3.05) is 39.5 Å². The van der Waals surface area contributed by atoms with Crippen LogP contribution in [0.2, 0.25) is 0 Å². The lowest BCUT2D eigenvalue weighted by Gasteiger charge is -2.34. The van der Waals surface area contributed by atoms with Crippen molar-refractivity contribution in [1.29, 1.82) is 0 Å². The van der Waals surface area contributed by atoms with Crippen LogP contribution in [-0.4, -0.2) is 70.3 Å². The van der Waals surface area contributed by atoms with Crippen molar-refractivity contribution in [3.05, 3.63) is 23.1 Å². The fourth-order valence-electron chi connectivity index (χ4n) is 4.35. The van der Waals surface area contributed by atoms with Crippen molar-refractivity contribution in [2.45, 2.75) is 44.1 Å². The summed E-state index contributed by atoms with van der Waals surface area (Å²) in [6, 6.07) is 2.18. The van der Waals surface area contributed by atoms with Crippen LogP contribution in [0.1, 0.15) is 42.3 Å². The van der Waals surface area contributed by atoms with Gasteiger partial charge >= 0.3 is 0 Å². The van der Waals surface area contributed by atoms with E-state index in [0.29, 0.717) is 5.92 Å². The largest absolute Gasteiger partial charge is 0.376 e. The predicted octanol–water partition coefficient (Wildman–Crippen LogP) is 1.21. The first-order chi connectivity index (χ1) is 12.4. The maximum absolute atomic E-state index is 5.78. The molecular formula is C18H25N5O2. The van der Waals surface area contributed by atoms with E-state index in [2.05, 4.69) is 21.2 Å². The Morgan fingerprint density at radius 3 is 2.88 bits per heavy atom. The molecule has 2 fully saturated rings. The second-order valence-corrected chi connectivity index (χ2v) is 7.44. The van der Waals surface area contributed by atoms with E-state index >= 15 is 0 Å². The highest BCUT2D eigenvalue weighted by Crippen LogP contribution is 2.28. The van der Waals surface area contributed by atoms with Crippen LogP contribution >= 0.6 is 0 Å². The summed E-state index contributed by atoms with van der Waals surface area (Å²) in [7, 11) is 0. The number of hydrogen-bond acceptors (Lipinski definition) is 6. The van der Waals surface area contributed by atoms with E-state index in [9.17, 15) is 0 Å². The number of piperidine rings is 1. The van der Waals surface area contributed by atoms with Gasteiger partial charge in [-0.25, -0.2) is 0 Å². The molecule has 1 atom stereocenters. The summed E-state index contributed by atoms with van der Waals surface area (Å²) in [4.78, 5) is 2.49. The average molecular weight is 343 g/mol. The van der Waals surface area contributed by atoms with Gasteiger partial charge in [0.25, 0.3) is 0 Å². The maximum Gasteiger partial charge on any atom is 0.178 e. The zero-order valence-corrected chi connectivity index (χ0v) is 14.6. The minimum Gasteiger partial charge on any atom is -0.376 e. The second-order valence-electron chi connectivity index (χ2n) is 7.44. The lowest BCUT2D eigenvalue weighted by molar-refractivity contribution is -0.0988. The highest BCUT2D eigenvalue weighted by molar-refractivity contribution is 5.43. The minimum absolute atomic E-state index is 0.225. The third-order valence-electron chi connectivity index (χ3n) is 5.74. The molecule has 7 nitrogen and oxygen atoms in total. The van der Waals surface area contributed by atoms with Crippen molar-refractivity contribution in [2.24, 2.45) is 0 Å². The Labute approximate surface area is 147 Å². The fraction of sp³-hybridized carbons (Fsp3) is 0.722. The van der Waals surface area contributed by atoms with E-state index in [1.807, 2.05) is 4.52 Å². The maximum atomic E-state index is 5.78. The summed E-state index contributed by atoms with van der Waals surface area (Å²) in [6.07, 6.45) is 5.87. The molecule has 0 amide bonds. The van der Waals surface area contributed by atoms with Crippen molar-refractivity contribution < 1.29 is 9.47 Å². The van der Waals surface area contributed by atoms with Crippen molar-refractivity contribution in [3.63, 3.8) is 0 Å². The Kier molecular flexibility index (Phi) is 4.15. The molecule has 0 bridgehead atoms. The summed E-state index contributed by atoms with van der Waals surface area (Å²) in [6.45, 7) is 5.30. The zero-order valence-electron chi connectivity index (χ0n) is 14.6. The Morgan fingerprint density at radius 1 is 1.12 bits per heavy atom. The summed E-state index contributed by atoms with van der Waals surface area (Å²) < 4.78 is 13.3. The van der Waals surface area contributed by atoms with E-state index in [4.69, 9.17) is 14.6 Å². The first-order valence-electron chi connectivity index (χ1n) is 9.52. The number of hydrogen-bond donors (Lipinski definition) is 0. The standard InChI is InChI=1S/C18H25N5O2/c1-2-14-10-17-19-20-18(23(17)21-16(14)3-1)13-4-6-22(7-5-13)11-15-12-24-8-9-25-15/h10,13,15H,1-9,11-12H2. The van der Waals surface area contributed by atoms with Crippen molar-refractivity contribution >= 4 is 5.65 Å². The van der Waals surface area contributed by atoms with Crippen LogP contribution in [-0.2, 0) is 22.3 Å². The van der Waals surface area contributed by atoms with Crippen LogP contribution in [0.4, 0.5) is 0 Å². The highest BCUT2D eigenvalue weighted by atomic mass is 16.6. The number of rotatable bonds is 3. The van der Waals surface area contributed by atoms with Gasteiger partial charge in [-0.05, 0) is 56.8 Å². The van der Waals surface area contributed by atoms with Crippen LogP contribution in [0.5, 0.6) is 0 Å². The summed E-state index contributed by atoms with van der Waals surface area (Å²) >= 11 is 0. The molecule has 1 unspecified atom stereocenters. The molecule has 0 N–H and O–H groups in total. The molecule has 5 rings (SSSR count). The van der Waals surface area contributed by atoms with Gasteiger partial charge in [0.1, 0.15) is 0 Å². The average Bonchev–Trinajstić information content (AvgIpc) is 3.27. The number of aryl methyl sites for hydroxylation is 2. The molecule has 2 saturated heterocycles. The first-order valence-corrected chi connectivity index (χ1v) is 9.52. The molecule has 25 heavy (non-hydrogen) atoms. The predicted molar refractivity (Wildman–Crippen MR) is 91.8 cm³/mol. The zero-order chi connectivity index (χ0) is 16.6. The molecule has 0 aromatic carbocycles. The van der Waals surface area contributed by atoms with Gasteiger partial charge in [-0.3, -0.25) is 0 Å². The Bertz CT molecular complexity index is 747. The van der Waals surface area contributed by atoms with E-state index in [1.54, 1.807) is 0 Å². The highest BCUT2D eigenvalue weighted by Gasteiger charge is 2.28. The molecule has 1 aliphatic carbocycles. The van der Waals surface area contributed by atoms with Gasteiger partial charge in [-0.2, -0.15) is 9.61 Å². The van der Waals surface area contributed by atoms with Gasteiger partial charge < -0.3 is 14.4 Å². The molecule has 2 aromatic heterocycles. The Balaban J connectivity index is 1.27. The molecular weight excluding hydrogens is 318 g/mol. The SMILES string of the molecule is c1c2c(nn3c(C4CCN(CC5COCCO5)CC4)nnc13)CCC2. The number of likely N-dealkylation sites (tertiary alicyclic amines) is 1. The normalized spacial score (nSPS) is 25.5. The van der Waals surface area contributed by atoms with Crippen LogP contribution in [0, 0.1) is 0 Å². The van der Waals surface area contributed by atoms with Gasteiger partial charge in [0.2, 0.25) is 0 Å². The molecule has 0 spiro atoms. The van der Waals surface area contributed by atoms with Crippen LogP contribution < -0.4 is 0 Å². The molecule has 3 aliphatic rings. The van der Waals surface area contributed by atoms with Gasteiger partial charge in [0.15, 0.2) is 11.5 Å². The van der Waals surface area contributed by atoms with E-state index in [-0.39, 0.29) is 6.10 Å². The molecule has 0 saturated carbocycles. The van der Waals surface area contributed by atoms with Gasteiger partial charge in [0.05, 0.1) is 31.6 Å². The van der Waals surface area contributed by atoms with Crippen LogP contribution in [0.25, 0.3) is 5.65 Å². The lowest BCUT2D eigenvalue weighted by atomic mass is 9.96. The lowest BCUT2D eigenvalue weighted by Crippen LogP contribution is -2.43. The number of nitrogens with zero attached hydrogens (tertiary/aromatic N) is 5. The fourth-order valence-corrected chi connectivity index (χ4v) is 4.35. The quantitative estimate of drug-likeness (QED) is 0.835. The first kappa shape index (κ1) is 15.7. The molecule has 2 aliphatic heterocycles. The van der Waals surface area contributed by atoms with E-state index < -0.39 is 0 Å². The summed E-state index contributed by atoms with van der Waals surface area (Å²) in [5.41, 5.74) is 3.50. The van der Waals surface area contributed by atoms with Crippen LogP contribution in [0.3, 0.4) is 0 Å². The molecule has 2 aromatic rings. The summed E-state index contributed by atoms with van der Waals surface area (Å²) in [5, 5.41) is 13.7. The van der Waals surface area contributed by atoms with E-state index in [1.165, 1.54) is 17.7 Å². The third kappa shape index (κ3) is 3.05. The van der Waals surface area contributed by atoms with Gasteiger partial charge in [-0.15, -0.1) is 10.2 Å². The van der Waals surface area contributed by atoms with Gasteiger partial charge in [0, 0.05) is 12.5 Å². The Hall–Kier alpha value is -1.57. The molecule has 4 heterocycles. The van der Waals surface area contributed by atoms with E-state index in [0.717, 1.165) is 76.6 Å². The smallest absolute Gasteiger partial charge is 0.178 e. The third-order valence-corrected chi connectivity index (χ3v) is 5.74. The second kappa shape index (κ2) is 6.63. The van der Waals surface area contributed by atoms with Crippen LogP contribution in [0.15, 0.2) is 6.07 Å². The molecule has 0 radical (unpaired) electrons. The molecule has 134 valence electrons. The van der Waals surface area contributed by atoms with Gasteiger partial charge in [-0.1, -0.05) is 0 Å². The summed E-state index contributed by atoms with van der Waals surface area (Å²) in [5.74, 6) is 1.49. The number of fused-ring (bicyclic) bond motifs is 2. The monoisotopic (exact) mass is 343 g/mol. The van der Waals surface area contributed by atoms with Crippen molar-refractivity contribution in [1.82, 2.24) is 24.7 Å². The molecule has 7 heteroatoms. The minimum atomic E-state index is 0.225. The topological polar surface area (TPSA) is 64.8 Å². The Morgan fingerprint density at radius 2 is 2.04 bits per heavy atom. The van der Waals surface area contributed by atoms with Crippen molar-refractivity contribution in [3.8, 4) is 0 Å². The number of aromatic nitrogens is 4.